The highest BCUT2D eigenvalue weighted by Gasteiger charge is 2.32. The third-order valence-electron chi connectivity index (χ3n) is 5.81. The molecule has 2 aromatic rings. The third kappa shape index (κ3) is 3.52. The molecule has 0 aliphatic carbocycles. The van der Waals surface area contributed by atoms with Gasteiger partial charge in [-0.3, -0.25) is 9.69 Å². The van der Waals surface area contributed by atoms with Crippen molar-refractivity contribution in [3.05, 3.63) is 54.1 Å². The SMILES string of the molecule is COc1ccc(N2CCN([C@H](C)C(=O)N3CCc4ccccc43)CC2)cc1. The molecule has 0 bridgehead atoms. The number of fused-ring (bicyclic) bond motifs is 1. The Morgan fingerprint density at radius 2 is 1.67 bits per heavy atom. The molecule has 0 saturated carbocycles. The van der Waals surface area contributed by atoms with E-state index in [0.717, 1.165) is 50.6 Å². The maximum atomic E-state index is 13.1. The zero-order valence-corrected chi connectivity index (χ0v) is 16.1. The van der Waals surface area contributed by atoms with Crippen LogP contribution in [0.5, 0.6) is 5.75 Å². The van der Waals surface area contributed by atoms with Gasteiger partial charge in [0, 0.05) is 44.1 Å². The lowest BCUT2D eigenvalue weighted by molar-refractivity contribution is -0.123. The molecule has 2 aliphatic rings. The molecular weight excluding hydrogens is 338 g/mol. The van der Waals surface area contributed by atoms with Gasteiger partial charge in [-0.2, -0.15) is 0 Å². The number of methoxy groups -OCH3 is 1. The number of ether oxygens (including phenoxy) is 1. The Hall–Kier alpha value is -2.53. The van der Waals surface area contributed by atoms with Crippen molar-refractivity contribution >= 4 is 17.3 Å². The summed E-state index contributed by atoms with van der Waals surface area (Å²) in [6.07, 6.45) is 0.958. The van der Waals surface area contributed by atoms with Crippen LogP contribution >= 0.6 is 0 Å². The minimum Gasteiger partial charge on any atom is -0.497 e. The number of piperazine rings is 1. The number of carbonyl (C=O) groups is 1. The molecular formula is C22H27N3O2. The number of benzene rings is 2. The molecule has 1 atom stereocenters. The van der Waals surface area contributed by atoms with Crippen LogP contribution in [0.1, 0.15) is 12.5 Å². The lowest BCUT2D eigenvalue weighted by atomic mass is 10.1. The molecule has 27 heavy (non-hydrogen) atoms. The van der Waals surface area contributed by atoms with Gasteiger partial charge in [0.2, 0.25) is 5.91 Å². The maximum Gasteiger partial charge on any atom is 0.244 e. The second kappa shape index (κ2) is 7.61. The van der Waals surface area contributed by atoms with Crippen molar-refractivity contribution in [1.29, 1.82) is 0 Å². The van der Waals surface area contributed by atoms with E-state index in [4.69, 9.17) is 4.74 Å². The van der Waals surface area contributed by atoms with E-state index < -0.39 is 0 Å². The van der Waals surface area contributed by atoms with Crippen LogP contribution in [0.2, 0.25) is 0 Å². The quantitative estimate of drug-likeness (QED) is 0.835. The number of hydrogen-bond donors (Lipinski definition) is 0. The van der Waals surface area contributed by atoms with Crippen molar-refractivity contribution in [1.82, 2.24) is 4.90 Å². The standard InChI is InChI=1S/C22H27N3O2/c1-17(22(26)25-12-11-18-5-3-4-6-21(18)25)23-13-15-24(16-14-23)19-7-9-20(27-2)10-8-19/h3-10,17H,11-16H2,1-2H3/t17-/m1/s1. The van der Waals surface area contributed by atoms with Crippen LogP contribution in [0.25, 0.3) is 0 Å². The summed E-state index contributed by atoms with van der Waals surface area (Å²) in [4.78, 5) is 19.7. The highest BCUT2D eigenvalue weighted by Crippen LogP contribution is 2.29. The average molecular weight is 365 g/mol. The molecule has 1 saturated heterocycles. The van der Waals surface area contributed by atoms with Crippen molar-refractivity contribution in [3.63, 3.8) is 0 Å². The predicted molar refractivity (Wildman–Crippen MR) is 109 cm³/mol. The number of anilines is 2. The normalized spacial score (nSPS) is 18.3. The first-order valence-electron chi connectivity index (χ1n) is 9.69. The first-order chi connectivity index (χ1) is 13.2. The fourth-order valence-electron chi connectivity index (χ4n) is 4.11. The molecule has 142 valence electrons. The van der Waals surface area contributed by atoms with E-state index in [1.54, 1.807) is 7.11 Å². The topological polar surface area (TPSA) is 36.0 Å². The van der Waals surface area contributed by atoms with Crippen LogP contribution in [0.3, 0.4) is 0 Å². The molecule has 0 spiro atoms. The Labute approximate surface area is 161 Å². The molecule has 1 amide bonds. The molecule has 5 nitrogen and oxygen atoms in total. The monoisotopic (exact) mass is 365 g/mol. The van der Waals surface area contributed by atoms with Gasteiger partial charge in [0.05, 0.1) is 13.2 Å². The first kappa shape index (κ1) is 17.9. The smallest absolute Gasteiger partial charge is 0.244 e. The van der Waals surface area contributed by atoms with Crippen LogP contribution in [-0.4, -0.2) is 56.7 Å². The number of para-hydroxylation sites is 1. The van der Waals surface area contributed by atoms with Gasteiger partial charge in [0.15, 0.2) is 0 Å². The summed E-state index contributed by atoms with van der Waals surface area (Å²) in [5.41, 5.74) is 3.58. The number of hydrogen-bond acceptors (Lipinski definition) is 4. The molecule has 2 aliphatic heterocycles. The zero-order valence-electron chi connectivity index (χ0n) is 16.1. The molecule has 2 aromatic carbocycles. The summed E-state index contributed by atoms with van der Waals surface area (Å²) in [6, 6.07) is 16.4. The Morgan fingerprint density at radius 3 is 2.37 bits per heavy atom. The van der Waals surface area contributed by atoms with Crippen molar-refractivity contribution < 1.29 is 9.53 Å². The maximum absolute atomic E-state index is 13.1. The minimum atomic E-state index is -0.0887. The molecule has 0 aromatic heterocycles. The number of rotatable bonds is 4. The second-order valence-corrected chi connectivity index (χ2v) is 7.27. The largest absolute Gasteiger partial charge is 0.497 e. The van der Waals surface area contributed by atoms with Gasteiger partial charge in [-0.05, 0) is 49.2 Å². The van der Waals surface area contributed by atoms with Gasteiger partial charge in [0.25, 0.3) is 0 Å². The molecule has 0 N–H and O–H groups in total. The zero-order chi connectivity index (χ0) is 18.8. The highest BCUT2D eigenvalue weighted by molar-refractivity contribution is 5.98. The van der Waals surface area contributed by atoms with Gasteiger partial charge in [-0.1, -0.05) is 18.2 Å². The fourth-order valence-corrected chi connectivity index (χ4v) is 4.11. The van der Waals surface area contributed by atoms with Crippen LogP contribution in [0, 0.1) is 0 Å². The van der Waals surface area contributed by atoms with Crippen molar-refractivity contribution in [3.8, 4) is 5.75 Å². The van der Waals surface area contributed by atoms with Gasteiger partial charge < -0.3 is 14.5 Å². The lowest BCUT2D eigenvalue weighted by Crippen LogP contribution is -2.54. The second-order valence-electron chi connectivity index (χ2n) is 7.27. The Bertz CT molecular complexity index is 797. The van der Waals surface area contributed by atoms with Crippen LogP contribution < -0.4 is 14.5 Å². The van der Waals surface area contributed by atoms with Gasteiger partial charge in [0.1, 0.15) is 5.75 Å². The number of nitrogens with zero attached hydrogens (tertiary/aromatic N) is 3. The van der Waals surface area contributed by atoms with E-state index in [2.05, 4.69) is 40.1 Å². The lowest BCUT2D eigenvalue weighted by Gasteiger charge is -2.39. The summed E-state index contributed by atoms with van der Waals surface area (Å²) in [6.45, 7) is 6.50. The van der Waals surface area contributed by atoms with Crippen LogP contribution in [0.15, 0.2) is 48.5 Å². The van der Waals surface area contributed by atoms with E-state index in [-0.39, 0.29) is 11.9 Å². The molecule has 1 fully saturated rings. The van der Waals surface area contributed by atoms with Crippen molar-refractivity contribution in [2.24, 2.45) is 0 Å². The summed E-state index contributed by atoms with van der Waals surface area (Å²) in [7, 11) is 1.69. The van der Waals surface area contributed by atoms with Crippen molar-refractivity contribution in [2.75, 3.05) is 49.6 Å². The van der Waals surface area contributed by atoms with E-state index in [9.17, 15) is 4.79 Å². The summed E-state index contributed by atoms with van der Waals surface area (Å²) >= 11 is 0. The first-order valence-corrected chi connectivity index (χ1v) is 9.69. The van der Waals surface area contributed by atoms with Crippen LogP contribution in [0.4, 0.5) is 11.4 Å². The van der Waals surface area contributed by atoms with Gasteiger partial charge in [-0.15, -0.1) is 0 Å². The Balaban J connectivity index is 1.37. The third-order valence-corrected chi connectivity index (χ3v) is 5.81. The Morgan fingerprint density at radius 1 is 0.963 bits per heavy atom. The number of amides is 1. The predicted octanol–water partition coefficient (Wildman–Crippen LogP) is 2.80. The molecule has 0 unspecified atom stereocenters. The summed E-state index contributed by atoms with van der Waals surface area (Å²) in [5, 5.41) is 0. The van der Waals surface area contributed by atoms with E-state index in [1.165, 1.54) is 11.3 Å². The van der Waals surface area contributed by atoms with Gasteiger partial charge >= 0.3 is 0 Å². The molecule has 2 heterocycles. The molecule has 0 radical (unpaired) electrons. The van der Waals surface area contributed by atoms with E-state index >= 15 is 0 Å². The summed E-state index contributed by atoms with van der Waals surface area (Å²) in [5.74, 6) is 1.10. The minimum absolute atomic E-state index is 0.0887. The van der Waals surface area contributed by atoms with E-state index in [1.807, 2.05) is 30.0 Å². The summed E-state index contributed by atoms with van der Waals surface area (Å²) < 4.78 is 5.24. The molecule has 5 heteroatoms. The van der Waals surface area contributed by atoms with Crippen molar-refractivity contribution in [2.45, 2.75) is 19.4 Å². The van der Waals surface area contributed by atoms with Gasteiger partial charge in [-0.25, -0.2) is 0 Å². The van der Waals surface area contributed by atoms with E-state index in [0.29, 0.717) is 0 Å². The molecule has 4 rings (SSSR count). The van der Waals surface area contributed by atoms with Crippen LogP contribution in [-0.2, 0) is 11.2 Å². The number of carbonyl (C=O) groups excluding carboxylic acids is 1. The highest BCUT2D eigenvalue weighted by atomic mass is 16.5. The average Bonchev–Trinajstić information content (AvgIpc) is 3.17. The fraction of sp³-hybridized carbons (Fsp3) is 0.409. The Kier molecular flexibility index (Phi) is 5.03.